The highest BCUT2D eigenvalue weighted by molar-refractivity contribution is 5.84. The van der Waals surface area contributed by atoms with E-state index in [4.69, 9.17) is 0 Å². The molecule has 0 saturated heterocycles. The molecule has 0 saturated carbocycles. The van der Waals surface area contributed by atoms with Crippen LogP contribution in [0.1, 0.15) is 5.56 Å². The van der Waals surface area contributed by atoms with Gasteiger partial charge >= 0.3 is 6.18 Å². The number of halogens is 4. The van der Waals surface area contributed by atoms with Gasteiger partial charge in [0, 0.05) is 5.56 Å². The van der Waals surface area contributed by atoms with E-state index in [9.17, 15) is 17.6 Å². The number of fused-ring (bicyclic) bond motifs is 3. The Morgan fingerprint density at radius 3 is 2.46 bits per heavy atom. The van der Waals surface area contributed by atoms with E-state index in [1.165, 1.54) is 18.2 Å². The summed E-state index contributed by atoms with van der Waals surface area (Å²) in [6, 6.07) is 12.4. The van der Waals surface area contributed by atoms with Gasteiger partial charge < -0.3 is 0 Å². The number of rotatable bonds is 1. The summed E-state index contributed by atoms with van der Waals surface area (Å²) in [5, 5.41) is 8.46. The molecule has 0 aliphatic heterocycles. The largest absolute Gasteiger partial charge is 0.416 e. The molecule has 0 aliphatic carbocycles. The Morgan fingerprint density at radius 2 is 1.71 bits per heavy atom. The minimum Gasteiger partial charge on any atom is -0.275 e. The van der Waals surface area contributed by atoms with Gasteiger partial charge in [-0.25, -0.2) is 4.39 Å². The summed E-state index contributed by atoms with van der Waals surface area (Å²) in [7, 11) is 0. The molecule has 120 valence electrons. The molecule has 0 aliphatic rings. The van der Waals surface area contributed by atoms with E-state index in [2.05, 4.69) is 10.2 Å². The highest BCUT2D eigenvalue weighted by Crippen LogP contribution is 2.32. The Morgan fingerprint density at radius 1 is 0.875 bits per heavy atom. The van der Waals surface area contributed by atoms with Crippen molar-refractivity contribution < 1.29 is 17.6 Å². The summed E-state index contributed by atoms with van der Waals surface area (Å²) in [5.74, 6) is -0.0568. The van der Waals surface area contributed by atoms with Crippen LogP contribution in [-0.2, 0) is 6.18 Å². The molecule has 3 nitrogen and oxygen atoms in total. The summed E-state index contributed by atoms with van der Waals surface area (Å²) >= 11 is 0. The number of hydrogen-bond donors (Lipinski definition) is 0. The fourth-order valence-electron chi connectivity index (χ4n) is 2.69. The highest BCUT2D eigenvalue weighted by Gasteiger charge is 2.30. The van der Waals surface area contributed by atoms with Crippen molar-refractivity contribution in [1.29, 1.82) is 0 Å². The number of pyridine rings is 1. The van der Waals surface area contributed by atoms with E-state index < -0.39 is 17.6 Å². The maximum Gasteiger partial charge on any atom is 0.416 e. The lowest BCUT2D eigenvalue weighted by atomic mass is 10.1. The fraction of sp³-hybridized carbons (Fsp3) is 0.0588. The Kier molecular flexibility index (Phi) is 3.06. The van der Waals surface area contributed by atoms with Gasteiger partial charge in [0.05, 0.1) is 11.1 Å². The normalized spacial score (nSPS) is 12.2. The predicted molar refractivity (Wildman–Crippen MR) is 80.9 cm³/mol. The van der Waals surface area contributed by atoms with Crippen molar-refractivity contribution in [1.82, 2.24) is 14.6 Å². The van der Waals surface area contributed by atoms with Crippen molar-refractivity contribution in [2.75, 3.05) is 0 Å². The minimum absolute atomic E-state index is 0.370. The van der Waals surface area contributed by atoms with Gasteiger partial charge in [0.25, 0.3) is 0 Å². The van der Waals surface area contributed by atoms with Crippen LogP contribution in [0.3, 0.4) is 0 Å². The standard InChI is InChI=1S/C17H9F4N3/c18-13-3-1-2-11(9-13)16-23-22-15-7-4-10-8-12(17(19,20)21)5-6-14(10)24(15)16/h1-9H. The molecule has 24 heavy (non-hydrogen) atoms. The molecular weight excluding hydrogens is 322 g/mol. The Hall–Kier alpha value is -2.96. The molecule has 0 amide bonds. The topological polar surface area (TPSA) is 30.2 Å². The molecule has 4 rings (SSSR count). The van der Waals surface area contributed by atoms with Crippen LogP contribution in [0.2, 0.25) is 0 Å². The monoisotopic (exact) mass is 331 g/mol. The number of aromatic nitrogens is 3. The number of nitrogens with zero attached hydrogens (tertiary/aromatic N) is 3. The van der Waals surface area contributed by atoms with E-state index in [1.807, 2.05) is 0 Å². The summed E-state index contributed by atoms with van der Waals surface area (Å²) < 4.78 is 53.7. The third-order valence-corrected chi connectivity index (χ3v) is 3.78. The van der Waals surface area contributed by atoms with Gasteiger partial charge in [0.15, 0.2) is 11.5 Å². The molecule has 0 unspecified atom stereocenters. The summed E-state index contributed by atoms with van der Waals surface area (Å²) in [6.07, 6.45) is -4.41. The SMILES string of the molecule is Fc1cccc(-c2nnc3ccc4cc(C(F)(F)F)ccc4n23)c1. The van der Waals surface area contributed by atoms with Crippen molar-refractivity contribution in [3.8, 4) is 11.4 Å². The number of alkyl halides is 3. The van der Waals surface area contributed by atoms with Gasteiger partial charge in [-0.2, -0.15) is 13.2 Å². The van der Waals surface area contributed by atoms with Gasteiger partial charge in [-0.3, -0.25) is 4.40 Å². The first kappa shape index (κ1) is 14.6. The first-order chi connectivity index (χ1) is 11.4. The zero-order valence-electron chi connectivity index (χ0n) is 12.0. The van der Waals surface area contributed by atoms with Crippen molar-refractivity contribution in [3.63, 3.8) is 0 Å². The average Bonchev–Trinajstić information content (AvgIpc) is 2.98. The smallest absolute Gasteiger partial charge is 0.275 e. The lowest BCUT2D eigenvalue weighted by molar-refractivity contribution is -0.137. The van der Waals surface area contributed by atoms with Crippen molar-refractivity contribution in [2.45, 2.75) is 6.18 Å². The van der Waals surface area contributed by atoms with Gasteiger partial charge in [-0.15, -0.1) is 10.2 Å². The zero-order chi connectivity index (χ0) is 16.9. The van der Waals surface area contributed by atoms with E-state index >= 15 is 0 Å². The van der Waals surface area contributed by atoms with Crippen LogP contribution in [0, 0.1) is 5.82 Å². The zero-order valence-corrected chi connectivity index (χ0v) is 12.0. The Bertz CT molecular complexity index is 1070. The second-order valence-electron chi connectivity index (χ2n) is 5.33. The van der Waals surface area contributed by atoms with Crippen LogP contribution in [-0.4, -0.2) is 14.6 Å². The van der Waals surface area contributed by atoms with Gasteiger partial charge in [0.1, 0.15) is 5.82 Å². The second-order valence-corrected chi connectivity index (χ2v) is 5.33. The van der Waals surface area contributed by atoms with E-state index in [-0.39, 0.29) is 0 Å². The molecular formula is C17H9F4N3. The summed E-state index contributed by atoms with van der Waals surface area (Å²) in [5.41, 5.74) is 0.760. The molecule has 7 heteroatoms. The van der Waals surface area contributed by atoms with Crippen LogP contribution >= 0.6 is 0 Å². The molecule has 2 aromatic heterocycles. The number of hydrogen-bond acceptors (Lipinski definition) is 2. The molecule has 0 spiro atoms. The summed E-state index contributed by atoms with van der Waals surface area (Å²) in [4.78, 5) is 0. The first-order valence-corrected chi connectivity index (χ1v) is 7.04. The third kappa shape index (κ3) is 2.29. The van der Waals surface area contributed by atoms with Crippen molar-refractivity contribution >= 4 is 16.6 Å². The second kappa shape index (κ2) is 5.02. The van der Waals surface area contributed by atoms with Gasteiger partial charge in [-0.1, -0.05) is 12.1 Å². The predicted octanol–water partition coefficient (Wildman–Crippen LogP) is 4.71. The molecule has 0 fully saturated rings. The average molecular weight is 331 g/mol. The Labute approximate surface area is 133 Å². The van der Waals surface area contributed by atoms with Crippen LogP contribution in [0.5, 0.6) is 0 Å². The number of benzene rings is 2. The highest BCUT2D eigenvalue weighted by atomic mass is 19.4. The maximum atomic E-state index is 13.5. The maximum absolute atomic E-state index is 13.5. The quantitative estimate of drug-likeness (QED) is 0.473. The molecule has 2 aromatic carbocycles. The van der Waals surface area contributed by atoms with E-state index in [0.717, 1.165) is 12.1 Å². The van der Waals surface area contributed by atoms with Crippen LogP contribution in [0.4, 0.5) is 17.6 Å². The molecule has 0 atom stereocenters. The minimum atomic E-state index is -4.41. The molecule has 4 aromatic rings. The van der Waals surface area contributed by atoms with Crippen LogP contribution < -0.4 is 0 Å². The van der Waals surface area contributed by atoms with E-state index in [0.29, 0.717) is 27.9 Å². The van der Waals surface area contributed by atoms with Gasteiger partial charge in [-0.05, 0) is 47.9 Å². The van der Waals surface area contributed by atoms with E-state index in [1.54, 1.807) is 28.7 Å². The van der Waals surface area contributed by atoms with Crippen molar-refractivity contribution in [3.05, 3.63) is 66.0 Å². The van der Waals surface area contributed by atoms with Crippen molar-refractivity contribution in [2.24, 2.45) is 0 Å². The van der Waals surface area contributed by atoms with Crippen LogP contribution in [0.15, 0.2) is 54.6 Å². The van der Waals surface area contributed by atoms with Crippen LogP contribution in [0.25, 0.3) is 27.9 Å². The molecule has 0 bridgehead atoms. The third-order valence-electron chi connectivity index (χ3n) is 3.78. The molecule has 2 heterocycles. The molecule has 0 radical (unpaired) electrons. The summed E-state index contributed by atoms with van der Waals surface area (Å²) in [6.45, 7) is 0. The lowest BCUT2D eigenvalue weighted by Gasteiger charge is -2.09. The molecule has 0 N–H and O–H groups in total. The van der Waals surface area contributed by atoms with Gasteiger partial charge in [0.2, 0.25) is 0 Å². The first-order valence-electron chi connectivity index (χ1n) is 7.04. The fourth-order valence-corrected chi connectivity index (χ4v) is 2.69. The Balaban J connectivity index is 2.02. The lowest BCUT2D eigenvalue weighted by Crippen LogP contribution is -2.04.